The summed E-state index contributed by atoms with van der Waals surface area (Å²) in [6, 6.07) is 7.70. The lowest BCUT2D eigenvalue weighted by molar-refractivity contribution is 0.116. The molecule has 1 aliphatic rings. The van der Waals surface area contributed by atoms with E-state index < -0.39 is 30.0 Å². The van der Waals surface area contributed by atoms with Crippen LogP contribution in [0.4, 0.5) is 28.0 Å². The fraction of sp³-hybridized carbons (Fsp3) is 0.348. The van der Waals surface area contributed by atoms with E-state index in [9.17, 15) is 18.0 Å². The third-order valence-corrected chi connectivity index (χ3v) is 6.16. The average molecular weight is 512 g/mol. The summed E-state index contributed by atoms with van der Waals surface area (Å²) in [5.41, 5.74) is 0.0713. The summed E-state index contributed by atoms with van der Waals surface area (Å²) in [5, 5.41) is 6.57. The van der Waals surface area contributed by atoms with Crippen LogP contribution in [0.2, 0.25) is 5.02 Å². The fourth-order valence-electron chi connectivity index (χ4n) is 3.88. The van der Waals surface area contributed by atoms with Gasteiger partial charge in [-0.15, -0.1) is 10.2 Å². The molecule has 0 spiro atoms. The molecule has 2 amide bonds. The van der Waals surface area contributed by atoms with Gasteiger partial charge in [0.15, 0.2) is 5.82 Å². The molecule has 2 aromatic carbocycles. The average Bonchev–Trinajstić information content (AvgIpc) is 3.51. The zero-order valence-electron chi connectivity index (χ0n) is 18.9. The highest BCUT2D eigenvalue weighted by Gasteiger charge is 2.32. The molecule has 1 saturated heterocycles. The number of likely N-dealkylation sites (tertiary alicyclic amines) is 1. The van der Waals surface area contributed by atoms with Crippen molar-refractivity contribution in [2.75, 3.05) is 32.1 Å². The molecule has 0 bridgehead atoms. The number of rotatable bonds is 6. The number of aromatic nitrogens is 2. The van der Waals surface area contributed by atoms with E-state index in [4.69, 9.17) is 16.0 Å². The van der Waals surface area contributed by atoms with Crippen molar-refractivity contribution in [3.63, 3.8) is 0 Å². The van der Waals surface area contributed by atoms with Crippen LogP contribution in [-0.2, 0) is 6.54 Å². The number of carbonyl (C=O) groups is 1. The molecular formula is C23H22ClF4N5O2. The first kappa shape index (κ1) is 24.9. The SMILES string of the molecule is CN(C)C1CCN(C(=O)N(Cc2ccc(-c3nnc(C(F)F)o3)cc2F)c2cccc(Cl)c2F)C1. The molecule has 7 nitrogen and oxygen atoms in total. The summed E-state index contributed by atoms with van der Waals surface area (Å²) in [6.07, 6.45) is -2.21. The molecule has 0 saturated carbocycles. The number of carbonyl (C=O) groups excluding carboxylic acids is 1. The summed E-state index contributed by atoms with van der Waals surface area (Å²) >= 11 is 5.95. The van der Waals surface area contributed by atoms with Gasteiger partial charge < -0.3 is 14.2 Å². The van der Waals surface area contributed by atoms with Gasteiger partial charge in [0, 0.05) is 30.3 Å². The maximum absolute atomic E-state index is 15.0. The van der Waals surface area contributed by atoms with Crippen LogP contribution in [-0.4, -0.2) is 59.3 Å². The number of amides is 2. The molecular weight excluding hydrogens is 490 g/mol. The fourth-order valence-corrected chi connectivity index (χ4v) is 4.05. The number of nitrogens with zero attached hydrogens (tertiary/aromatic N) is 5. The van der Waals surface area contributed by atoms with Crippen LogP contribution in [0, 0.1) is 11.6 Å². The molecule has 35 heavy (non-hydrogen) atoms. The lowest BCUT2D eigenvalue weighted by Gasteiger charge is -2.29. The van der Waals surface area contributed by atoms with Gasteiger partial charge in [0.05, 0.1) is 17.3 Å². The molecule has 1 aromatic heterocycles. The van der Waals surface area contributed by atoms with Gasteiger partial charge in [-0.3, -0.25) is 4.90 Å². The minimum absolute atomic E-state index is 0.0680. The maximum Gasteiger partial charge on any atom is 0.324 e. The molecule has 0 N–H and O–H groups in total. The van der Waals surface area contributed by atoms with Gasteiger partial charge in [0.1, 0.15) is 5.82 Å². The molecule has 1 fully saturated rings. The van der Waals surface area contributed by atoms with Crippen molar-refractivity contribution < 1.29 is 26.8 Å². The zero-order chi connectivity index (χ0) is 25.3. The number of likely N-dealkylation sites (N-methyl/N-ethyl adjacent to an activating group) is 1. The highest BCUT2D eigenvalue weighted by molar-refractivity contribution is 6.31. The summed E-state index contributed by atoms with van der Waals surface area (Å²) in [7, 11) is 3.83. The van der Waals surface area contributed by atoms with Crippen molar-refractivity contribution in [3.8, 4) is 11.5 Å². The Morgan fingerprint density at radius 3 is 2.63 bits per heavy atom. The lowest BCUT2D eigenvalue weighted by atomic mass is 10.1. The summed E-state index contributed by atoms with van der Waals surface area (Å²) in [4.78, 5) is 18.2. The number of hydrogen-bond acceptors (Lipinski definition) is 5. The van der Waals surface area contributed by atoms with Crippen molar-refractivity contribution in [1.29, 1.82) is 0 Å². The third kappa shape index (κ3) is 5.25. The second-order valence-electron chi connectivity index (χ2n) is 8.35. The number of alkyl halides is 2. The molecule has 3 aromatic rings. The summed E-state index contributed by atoms with van der Waals surface area (Å²) < 4.78 is 60.3. The highest BCUT2D eigenvalue weighted by Crippen LogP contribution is 2.31. The number of urea groups is 1. The molecule has 2 heterocycles. The second-order valence-corrected chi connectivity index (χ2v) is 8.75. The predicted octanol–water partition coefficient (Wildman–Crippen LogP) is 5.37. The number of anilines is 1. The normalized spacial score (nSPS) is 15.9. The van der Waals surface area contributed by atoms with E-state index in [1.165, 1.54) is 30.3 Å². The van der Waals surface area contributed by atoms with Crippen molar-refractivity contribution in [2.24, 2.45) is 0 Å². The maximum atomic E-state index is 15.0. The Kier molecular flexibility index (Phi) is 7.27. The topological polar surface area (TPSA) is 65.7 Å². The van der Waals surface area contributed by atoms with E-state index in [0.29, 0.717) is 13.1 Å². The van der Waals surface area contributed by atoms with Gasteiger partial charge in [-0.25, -0.2) is 13.6 Å². The summed E-state index contributed by atoms with van der Waals surface area (Å²) in [5.74, 6) is -2.70. The van der Waals surface area contributed by atoms with E-state index in [1.54, 1.807) is 4.90 Å². The van der Waals surface area contributed by atoms with Crippen LogP contribution in [0.3, 0.4) is 0 Å². The quantitative estimate of drug-likeness (QED) is 0.416. The largest absolute Gasteiger partial charge is 0.415 e. The molecule has 1 atom stereocenters. The third-order valence-electron chi connectivity index (χ3n) is 5.87. The van der Waals surface area contributed by atoms with E-state index in [1.807, 2.05) is 19.0 Å². The molecule has 0 aliphatic carbocycles. The Bertz CT molecular complexity index is 1220. The van der Waals surface area contributed by atoms with Gasteiger partial charge in [-0.1, -0.05) is 23.7 Å². The molecule has 0 radical (unpaired) electrons. The minimum atomic E-state index is -2.95. The first-order chi connectivity index (χ1) is 16.7. The number of benzene rings is 2. The number of hydrogen-bond donors (Lipinski definition) is 0. The second kappa shape index (κ2) is 10.2. The van der Waals surface area contributed by atoms with Crippen LogP contribution in [0.1, 0.15) is 24.3 Å². The van der Waals surface area contributed by atoms with Crippen molar-refractivity contribution in [3.05, 3.63) is 64.5 Å². The Labute approximate surface area is 203 Å². The monoisotopic (exact) mass is 511 g/mol. The van der Waals surface area contributed by atoms with Crippen molar-refractivity contribution in [2.45, 2.75) is 25.4 Å². The van der Waals surface area contributed by atoms with Crippen LogP contribution >= 0.6 is 11.6 Å². The molecule has 4 rings (SSSR count). The van der Waals surface area contributed by atoms with E-state index in [-0.39, 0.29) is 40.3 Å². The Morgan fingerprint density at radius 2 is 2.00 bits per heavy atom. The predicted molar refractivity (Wildman–Crippen MR) is 121 cm³/mol. The van der Waals surface area contributed by atoms with Crippen LogP contribution in [0.15, 0.2) is 40.8 Å². The Balaban J connectivity index is 1.64. The van der Waals surface area contributed by atoms with Crippen LogP contribution in [0.5, 0.6) is 0 Å². The minimum Gasteiger partial charge on any atom is -0.415 e. The van der Waals surface area contributed by atoms with E-state index in [0.717, 1.165) is 17.4 Å². The summed E-state index contributed by atoms with van der Waals surface area (Å²) in [6.45, 7) is 0.610. The van der Waals surface area contributed by atoms with E-state index >= 15 is 4.39 Å². The molecule has 1 unspecified atom stereocenters. The van der Waals surface area contributed by atoms with Crippen molar-refractivity contribution >= 4 is 23.3 Å². The standard InChI is InChI=1S/C23H22ClF4N5O2/c1-31(2)15-8-9-32(12-15)23(34)33(18-5-3-4-16(24)19(18)26)11-14-7-6-13(10-17(14)25)21-29-30-22(35-21)20(27)28/h3-7,10,15,20H,8-9,11-12H2,1-2H3. The Morgan fingerprint density at radius 1 is 1.23 bits per heavy atom. The molecule has 12 heteroatoms. The van der Waals surface area contributed by atoms with Gasteiger partial charge >= 0.3 is 12.5 Å². The Hall–Kier alpha value is -3.18. The van der Waals surface area contributed by atoms with Crippen molar-refractivity contribution in [1.82, 2.24) is 20.0 Å². The van der Waals surface area contributed by atoms with Gasteiger partial charge in [0.25, 0.3) is 5.89 Å². The highest BCUT2D eigenvalue weighted by atomic mass is 35.5. The smallest absolute Gasteiger partial charge is 0.324 e. The first-order valence-electron chi connectivity index (χ1n) is 10.7. The molecule has 1 aliphatic heterocycles. The first-order valence-corrected chi connectivity index (χ1v) is 11.1. The van der Waals surface area contributed by atoms with Gasteiger partial charge in [-0.2, -0.15) is 8.78 Å². The lowest BCUT2D eigenvalue weighted by Crippen LogP contribution is -2.43. The zero-order valence-corrected chi connectivity index (χ0v) is 19.6. The number of halogens is 5. The molecule has 186 valence electrons. The van der Waals surface area contributed by atoms with Gasteiger partial charge in [-0.05, 0) is 44.8 Å². The van der Waals surface area contributed by atoms with E-state index in [2.05, 4.69) is 10.2 Å². The van der Waals surface area contributed by atoms with Crippen LogP contribution in [0.25, 0.3) is 11.5 Å². The van der Waals surface area contributed by atoms with Gasteiger partial charge in [0.2, 0.25) is 5.89 Å². The van der Waals surface area contributed by atoms with Crippen LogP contribution < -0.4 is 4.90 Å².